The summed E-state index contributed by atoms with van der Waals surface area (Å²) in [5.74, 6) is 2.26. The number of hydrogen-bond donors (Lipinski definition) is 0. The lowest BCUT2D eigenvalue weighted by Gasteiger charge is -2.45. The Morgan fingerprint density at radius 3 is 2.70 bits per heavy atom. The van der Waals surface area contributed by atoms with E-state index in [1.165, 1.54) is 18.4 Å². The fourth-order valence-electron chi connectivity index (χ4n) is 6.71. The second-order valence-electron chi connectivity index (χ2n) is 11.6. The Balaban J connectivity index is 1.39. The van der Waals surface area contributed by atoms with Gasteiger partial charge in [-0.1, -0.05) is 19.9 Å². The Kier molecular flexibility index (Phi) is 5.98. The fraction of sp³-hybridized carbons (Fsp3) is 0.467. The molecule has 192 valence electrons. The lowest BCUT2D eigenvalue weighted by Crippen LogP contribution is -2.43. The topological polar surface area (TPSA) is 77.1 Å². The number of fused-ring (bicyclic) bond motifs is 1. The first-order valence-electron chi connectivity index (χ1n) is 13.4. The molecule has 1 atom stereocenters. The van der Waals surface area contributed by atoms with Crippen LogP contribution < -0.4 is 5.43 Å². The summed E-state index contributed by atoms with van der Waals surface area (Å²) in [7, 11) is 1.99. The minimum Gasteiger partial charge on any atom is -0.463 e. The smallest absolute Gasteiger partial charge is 0.200 e. The zero-order valence-corrected chi connectivity index (χ0v) is 22.2. The molecule has 3 aromatic heterocycles. The maximum atomic E-state index is 13.8. The van der Waals surface area contributed by atoms with Crippen molar-refractivity contribution in [2.45, 2.75) is 58.4 Å². The van der Waals surface area contributed by atoms with E-state index >= 15 is 0 Å². The average Bonchev–Trinajstić information content (AvgIpc) is 3.28. The second kappa shape index (κ2) is 9.21. The molecule has 1 aliphatic heterocycles. The summed E-state index contributed by atoms with van der Waals surface area (Å²) in [5.41, 5.74) is 4.98. The van der Waals surface area contributed by atoms with Gasteiger partial charge < -0.3 is 8.98 Å². The van der Waals surface area contributed by atoms with Crippen LogP contribution in [0.3, 0.4) is 0 Å². The van der Waals surface area contributed by atoms with Crippen LogP contribution in [0.2, 0.25) is 0 Å². The summed E-state index contributed by atoms with van der Waals surface area (Å²) in [6.07, 6.45) is 11.5. The summed E-state index contributed by atoms with van der Waals surface area (Å²) in [6.45, 7) is 9.68. The molecule has 1 aliphatic carbocycles. The number of aryl methyl sites for hydroxylation is 2. The van der Waals surface area contributed by atoms with Crippen molar-refractivity contribution >= 4 is 11.0 Å². The van der Waals surface area contributed by atoms with Crippen LogP contribution in [0.4, 0.5) is 0 Å². The number of rotatable bonds is 5. The maximum Gasteiger partial charge on any atom is 0.200 e. The van der Waals surface area contributed by atoms with Crippen molar-refractivity contribution < 1.29 is 4.42 Å². The molecule has 0 bridgehead atoms. The van der Waals surface area contributed by atoms with Crippen LogP contribution in [0, 0.1) is 18.8 Å². The molecule has 1 saturated carbocycles. The van der Waals surface area contributed by atoms with Crippen molar-refractivity contribution in [1.82, 2.24) is 24.6 Å². The highest BCUT2D eigenvalue weighted by atomic mass is 16.3. The molecule has 6 rings (SSSR count). The van der Waals surface area contributed by atoms with Crippen LogP contribution in [0.25, 0.3) is 22.1 Å². The molecule has 2 fully saturated rings. The zero-order chi connectivity index (χ0) is 25.7. The van der Waals surface area contributed by atoms with Gasteiger partial charge >= 0.3 is 0 Å². The molecular formula is C30H35N5O2. The van der Waals surface area contributed by atoms with E-state index in [1.54, 1.807) is 18.8 Å². The highest BCUT2D eigenvalue weighted by Crippen LogP contribution is 2.51. The molecule has 4 aromatic rings. The van der Waals surface area contributed by atoms with Crippen LogP contribution in [0.15, 0.2) is 52.4 Å². The molecule has 4 heterocycles. The van der Waals surface area contributed by atoms with Crippen LogP contribution in [0.1, 0.15) is 62.0 Å². The third kappa shape index (κ3) is 4.19. The number of likely N-dealkylation sites (tertiary alicyclic amines) is 1. The minimum atomic E-state index is -0.236. The molecule has 7 heteroatoms. The van der Waals surface area contributed by atoms with Gasteiger partial charge in [0.2, 0.25) is 5.43 Å². The van der Waals surface area contributed by atoms with E-state index in [0.717, 1.165) is 60.9 Å². The minimum absolute atomic E-state index is 0.00755. The molecule has 1 aromatic carbocycles. The number of pyridine rings is 1. The molecule has 0 N–H and O–H groups in total. The Hall–Kier alpha value is -3.32. The normalized spacial score (nSPS) is 24.3. The summed E-state index contributed by atoms with van der Waals surface area (Å²) in [5, 5.41) is 9.23. The van der Waals surface area contributed by atoms with E-state index in [9.17, 15) is 4.79 Å². The van der Waals surface area contributed by atoms with Gasteiger partial charge in [0.05, 0.1) is 16.4 Å². The van der Waals surface area contributed by atoms with E-state index < -0.39 is 0 Å². The van der Waals surface area contributed by atoms with Crippen molar-refractivity contribution in [3.05, 3.63) is 75.9 Å². The molecule has 0 amide bonds. The summed E-state index contributed by atoms with van der Waals surface area (Å²) < 4.78 is 8.07. The second-order valence-corrected chi connectivity index (χ2v) is 11.6. The van der Waals surface area contributed by atoms with E-state index in [4.69, 9.17) is 4.42 Å². The van der Waals surface area contributed by atoms with Crippen LogP contribution >= 0.6 is 0 Å². The zero-order valence-electron chi connectivity index (χ0n) is 22.2. The van der Waals surface area contributed by atoms with Gasteiger partial charge in [-0.3, -0.25) is 14.7 Å². The number of aromatic nitrogens is 4. The summed E-state index contributed by atoms with van der Waals surface area (Å²) >= 11 is 0. The van der Waals surface area contributed by atoms with Crippen molar-refractivity contribution in [2.75, 3.05) is 13.1 Å². The number of piperidine rings is 1. The van der Waals surface area contributed by atoms with Gasteiger partial charge in [0.15, 0.2) is 0 Å². The van der Waals surface area contributed by atoms with Crippen molar-refractivity contribution in [2.24, 2.45) is 18.9 Å². The largest absolute Gasteiger partial charge is 0.463 e. The van der Waals surface area contributed by atoms with Gasteiger partial charge in [-0.05, 0) is 79.8 Å². The summed E-state index contributed by atoms with van der Waals surface area (Å²) in [4.78, 5) is 20.9. The Morgan fingerprint density at radius 1 is 1.14 bits per heavy atom. The van der Waals surface area contributed by atoms with Gasteiger partial charge in [-0.25, -0.2) is 0 Å². The Morgan fingerprint density at radius 2 is 1.97 bits per heavy atom. The number of hydrogen-bond acceptors (Lipinski definition) is 6. The van der Waals surface area contributed by atoms with Crippen LogP contribution in [0.5, 0.6) is 0 Å². The SMILES string of the molecule is Cc1cc(CN2CCC[C@H](C)C2)cc2c(=O)c(-c3cncc(C4(c5nncn5C)CC(C)C4)c3)coc12. The molecule has 0 radical (unpaired) electrons. The number of benzene rings is 1. The standard InChI is InChI=1S/C30H35N5O2/c1-19-6-5-7-35(15-19)16-22-8-21(3)28-25(9-22)27(36)26(17-37-28)23-10-24(14-31-13-23)30(11-20(2)12-30)29-33-32-18-34(29)4/h8-10,13-14,17-20H,5-7,11-12,15-16H2,1-4H3/t19-,20?,30?/m0/s1. The van der Waals surface area contributed by atoms with Gasteiger partial charge in [-0.15, -0.1) is 10.2 Å². The molecular weight excluding hydrogens is 462 g/mol. The Labute approximate surface area is 217 Å². The molecule has 1 saturated heterocycles. The van der Waals surface area contributed by atoms with E-state index in [-0.39, 0.29) is 10.8 Å². The highest BCUT2D eigenvalue weighted by Gasteiger charge is 2.48. The van der Waals surface area contributed by atoms with Crippen molar-refractivity contribution in [3.63, 3.8) is 0 Å². The summed E-state index contributed by atoms with van der Waals surface area (Å²) in [6, 6.07) is 6.29. The van der Waals surface area contributed by atoms with Gasteiger partial charge in [-0.2, -0.15) is 0 Å². The van der Waals surface area contributed by atoms with Gasteiger partial charge in [0.1, 0.15) is 24.0 Å². The van der Waals surface area contributed by atoms with Crippen LogP contribution in [-0.2, 0) is 19.0 Å². The first kappa shape index (κ1) is 24.0. The highest BCUT2D eigenvalue weighted by molar-refractivity contribution is 5.84. The van der Waals surface area contributed by atoms with Crippen molar-refractivity contribution in [1.29, 1.82) is 0 Å². The Bertz CT molecular complexity index is 1510. The predicted octanol–water partition coefficient (Wildman–Crippen LogP) is 5.24. The van der Waals surface area contributed by atoms with E-state index in [1.807, 2.05) is 30.8 Å². The molecule has 2 aliphatic rings. The fourth-order valence-corrected chi connectivity index (χ4v) is 6.71. The predicted molar refractivity (Wildman–Crippen MR) is 144 cm³/mol. The lowest BCUT2D eigenvalue weighted by molar-refractivity contribution is 0.176. The maximum absolute atomic E-state index is 13.8. The van der Waals surface area contributed by atoms with Crippen molar-refractivity contribution in [3.8, 4) is 11.1 Å². The first-order chi connectivity index (χ1) is 17.8. The van der Waals surface area contributed by atoms with Gasteiger partial charge in [0, 0.05) is 38.1 Å². The molecule has 7 nitrogen and oxygen atoms in total. The molecule has 0 spiro atoms. The monoisotopic (exact) mass is 497 g/mol. The molecule has 37 heavy (non-hydrogen) atoms. The first-order valence-corrected chi connectivity index (χ1v) is 13.4. The number of nitrogens with zero attached hydrogens (tertiary/aromatic N) is 5. The van der Waals surface area contributed by atoms with Gasteiger partial charge in [0.25, 0.3) is 0 Å². The van der Waals surface area contributed by atoms with E-state index in [0.29, 0.717) is 22.5 Å². The third-order valence-corrected chi connectivity index (χ3v) is 8.40. The lowest BCUT2D eigenvalue weighted by atomic mass is 9.58. The molecule has 0 unspecified atom stereocenters. The van der Waals surface area contributed by atoms with Crippen LogP contribution in [-0.4, -0.2) is 37.7 Å². The third-order valence-electron chi connectivity index (χ3n) is 8.40. The quantitative estimate of drug-likeness (QED) is 0.375. The van der Waals surface area contributed by atoms with E-state index in [2.05, 4.69) is 46.1 Å². The average molecular weight is 498 g/mol.